The molecule has 0 saturated carbocycles. The van der Waals surface area contributed by atoms with Crippen LogP contribution in [0.15, 0.2) is 91.0 Å². The summed E-state index contributed by atoms with van der Waals surface area (Å²) in [4.78, 5) is 0. The van der Waals surface area contributed by atoms with Crippen LogP contribution in [0.1, 0.15) is 154 Å². The van der Waals surface area contributed by atoms with Gasteiger partial charge in [-0.3, -0.25) is 0 Å². The molecule has 0 aromatic heterocycles. The zero-order valence-corrected chi connectivity index (χ0v) is 37.0. The van der Waals surface area contributed by atoms with Gasteiger partial charge in [-0.25, -0.2) is 22.0 Å². The Hall–Kier alpha value is -4.80. The Morgan fingerprint density at radius 3 is 1.34 bits per heavy atom. The summed E-state index contributed by atoms with van der Waals surface area (Å²) in [6, 6.07) is 28.4. The minimum atomic E-state index is -0.783. The molecule has 314 valence electrons. The van der Waals surface area contributed by atoms with E-state index in [1.54, 1.807) is 26.2 Å². The summed E-state index contributed by atoms with van der Waals surface area (Å²) in [6.07, 6.45) is 0. The number of nitriles is 1. The molecule has 7 heteroatoms. The lowest BCUT2D eigenvalue weighted by Crippen LogP contribution is -1.95. The Bertz CT molecular complexity index is 2000. The van der Waals surface area contributed by atoms with E-state index in [1.165, 1.54) is 52.1 Å². The predicted octanol–water partition coefficient (Wildman–Crippen LogP) is 15.7. The van der Waals surface area contributed by atoms with E-state index in [-0.39, 0.29) is 17.7 Å². The fraction of sp³-hybridized carbons (Fsp3) is 0.392. The summed E-state index contributed by atoms with van der Waals surface area (Å²) < 4.78 is 68.1. The van der Waals surface area contributed by atoms with Gasteiger partial charge in [-0.05, 0) is 137 Å². The molecule has 0 radical (unpaired) electrons. The van der Waals surface area contributed by atoms with Crippen molar-refractivity contribution in [3.05, 3.63) is 176 Å². The number of halogens is 5. The first-order valence-corrected chi connectivity index (χ1v) is 19.9. The maximum Gasteiger partial charge on any atom is 0.161 e. The number of rotatable bonds is 7. The highest BCUT2D eigenvalue weighted by atomic mass is 19.2. The molecule has 0 aliphatic rings. The van der Waals surface area contributed by atoms with E-state index in [2.05, 4.69) is 78.8 Å². The minimum Gasteiger partial charge on any atom is -0.380 e. The molecule has 0 N–H and O–H groups in total. The second-order valence-electron chi connectivity index (χ2n) is 15.9. The second kappa shape index (κ2) is 25.5. The van der Waals surface area contributed by atoms with Gasteiger partial charge >= 0.3 is 0 Å². The third-order valence-electron chi connectivity index (χ3n) is 9.43. The van der Waals surface area contributed by atoms with E-state index in [1.807, 2.05) is 58.9 Å². The van der Waals surface area contributed by atoms with Crippen molar-refractivity contribution >= 4 is 0 Å². The number of nitrogens with zero attached hydrogens (tertiary/aromatic N) is 1. The van der Waals surface area contributed by atoms with E-state index < -0.39 is 23.3 Å². The highest BCUT2D eigenvalue weighted by molar-refractivity contribution is 5.40. The van der Waals surface area contributed by atoms with Gasteiger partial charge in [0.25, 0.3) is 0 Å². The van der Waals surface area contributed by atoms with Crippen LogP contribution in [-0.2, 0) is 11.3 Å². The SMILES string of the molecule is CC(C)c1ccc(F)c(F)c1.CC(C)c1ccc(F)cc1.COCc1cc(C(C)C)ccc1C.Cc1cc(C(C)C)cc(F)c1F.Cc1ccc(C(C)C)cc1C#N. The van der Waals surface area contributed by atoms with Gasteiger partial charge in [-0.2, -0.15) is 5.26 Å². The molecule has 5 aromatic carbocycles. The van der Waals surface area contributed by atoms with Gasteiger partial charge in [0, 0.05) is 7.11 Å². The highest BCUT2D eigenvalue weighted by Crippen LogP contribution is 2.22. The molecule has 0 aliphatic carbocycles. The lowest BCUT2D eigenvalue weighted by atomic mass is 9.98. The first-order chi connectivity index (χ1) is 27.1. The van der Waals surface area contributed by atoms with Gasteiger partial charge in [0.1, 0.15) is 5.82 Å². The molecule has 0 saturated heterocycles. The molecule has 5 aromatic rings. The van der Waals surface area contributed by atoms with Crippen LogP contribution in [0, 0.1) is 61.2 Å². The van der Waals surface area contributed by atoms with Gasteiger partial charge in [0.15, 0.2) is 23.3 Å². The van der Waals surface area contributed by atoms with Crippen molar-refractivity contribution in [3.8, 4) is 6.07 Å². The summed E-state index contributed by atoms with van der Waals surface area (Å²) in [5, 5.41) is 8.77. The fourth-order valence-electron chi connectivity index (χ4n) is 5.29. The maximum atomic E-state index is 12.8. The van der Waals surface area contributed by atoms with Crippen molar-refractivity contribution in [2.24, 2.45) is 0 Å². The maximum absolute atomic E-state index is 12.8. The van der Waals surface area contributed by atoms with E-state index in [0.717, 1.165) is 28.3 Å². The lowest BCUT2D eigenvalue weighted by molar-refractivity contribution is 0.184. The molecule has 58 heavy (non-hydrogen) atoms. The average Bonchev–Trinajstić information content (AvgIpc) is 3.16. The number of ether oxygens (including phenoxy) is 1. The number of aryl methyl sites for hydroxylation is 3. The van der Waals surface area contributed by atoms with E-state index >= 15 is 0 Å². The molecular weight excluding hydrogens is 738 g/mol. The molecular formula is C51H64F5NO. The average molecular weight is 802 g/mol. The van der Waals surface area contributed by atoms with Gasteiger partial charge in [-0.1, -0.05) is 124 Å². The van der Waals surface area contributed by atoms with E-state index in [9.17, 15) is 22.0 Å². The van der Waals surface area contributed by atoms with Crippen molar-refractivity contribution in [3.63, 3.8) is 0 Å². The first-order valence-electron chi connectivity index (χ1n) is 19.9. The standard InChI is InChI=1S/C12H18O.C11H13N.C10H12F2.C9H10F2.C9H11F/c1-9(2)11-6-5-10(3)12(7-11)8-13-4;1-8(2)10-5-4-9(3)11(6-10)7-12;1-6(2)8-4-7(3)10(12)9(11)5-8;1-6(2)7-3-4-8(10)9(11)5-7;1-7(2)8-3-5-9(10)6-4-8/h5-7,9H,8H2,1-4H3;4-6,8H,1-3H3;4-6H,1-3H3;3-6H,1-2H3;3-7H,1-2H3. The molecule has 0 bridgehead atoms. The van der Waals surface area contributed by atoms with Crippen LogP contribution in [0.4, 0.5) is 22.0 Å². The molecule has 0 aliphatic heterocycles. The topological polar surface area (TPSA) is 33.0 Å². The largest absolute Gasteiger partial charge is 0.380 e. The first kappa shape index (κ1) is 51.2. The smallest absolute Gasteiger partial charge is 0.161 e. The third kappa shape index (κ3) is 17.8. The minimum absolute atomic E-state index is 0.163. The third-order valence-corrected chi connectivity index (χ3v) is 9.43. The van der Waals surface area contributed by atoms with Crippen LogP contribution in [0.3, 0.4) is 0 Å². The second-order valence-corrected chi connectivity index (χ2v) is 15.9. The van der Waals surface area contributed by atoms with Crippen molar-refractivity contribution in [2.75, 3.05) is 7.11 Å². The summed E-state index contributed by atoms with van der Waals surface area (Å²) in [6.45, 7) is 27.0. The molecule has 5 rings (SSSR count). The number of benzene rings is 5. The summed E-state index contributed by atoms with van der Waals surface area (Å²) in [5.74, 6) is -1.15. The van der Waals surface area contributed by atoms with Crippen LogP contribution >= 0.6 is 0 Å². The summed E-state index contributed by atoms with van der Waals surface area (Å²) >= 11 is 0. The van der Waals surface area contributed by atoms with Crippen molar-refractivity contribution in [1.82, 2.24) is 0 Å². The lowest BCUT2D eigenvalue weighted by Gasteiger charge is -2.10. The normalized spacial score (nSPS) is 10.5. The molecule has 0 unspecified atom stereocenters. The fourth-order valence-corrected chi connectivity index (χ4v) is 5.29. The van der Waals surface area contributed by atoms with Gasteiger partial charge < -0.3 is 4.74 Å². The molecule has 0 amide bonds. The van der Waals surface area contributed by atoms with Gasteiger partial charge in [0.05, 0.1) is 18.2 Å². The van der Waals surface area contributed by atoms with Crippen molar-refractivity contribution in [1.29, 1.82) is 5.26 Å². The zero-order valence-electron chi connectivity index (χ0n) is 37.0. The molecule has 0 fully saturated rings. The van der Waals surface area contributed by atoms with Crippen molar-refractivity contribution < 1.29 is 26.7 Å². The van der Waals surface area contributed by atoms with Crippen LogP contribution in [0.2, 0.25) is 0 Å². The van der Waals surface area contributed by atoms with Crippen LogP contribution in [0.25, 0.3) is 0 Å². The highest BCUT2D eigenvalue weighted by Gasteiger charge is 2.09. The van der Waals surface area contributed by atoms with Crippen LogP contribution < -0.4 is 0 Å². The number of hydrogen-bond acceptors (Lipinski definition) is 2. The monoisotopic (exact) mass is 801 g/mol. The van der Waals surface area contributed by atoms with E-state index in [4.69, 9.17) is 10.00 Å². The molecule has 0 spiro atoms. The van der Waals surface area contributed by atoms with Gasteiger partial charge in [-0.15, -0.1) is 0 Å². The Morgan fingerprint density at radius 2 is 0.897 bits per heavy atom. The Kier molecular flexibility index (Phi) is 22.6. The Morgan fingerprint density at radius 1 is 0.466 bits per heavy atom. The predicted molar refractivity (Wildman–Crippen MR) is 232 cm³/mol. The summed E-state index contributed by atoms with van der Waals surface area (Å²) in [7, 11) is 1.74. The molecule has 0 atom stereocenters. The van der Waals surface area contributed by atoms with Crippen LogP contribution in [-0.4, -0.2) is 7.11 Å². The van der Waals surface area contributed by atoms with Gasteiger partial charge in [0.2, 0.25) is 0 Å². The zero-order chi connectivity index (χ0) is 44.3. The quantitative estimate of drug-likeness (QED) is 0.154. The molecule has 0 heterocycles. The Labute approximate surface area is 346 Å². The number of methoxy groups -OCH3 is 1. The van der Waals surface area contributed by atoms with E-state index in [0.29, 0.717) is 29.9 Å². The molecule has 2 nitrogen and oxygen atoms in total. The number of hydrogen-bond donors (Lipinski definition) is 0. The Balaban J connectivity index is 0.000000363. The van der Waals surface area contributed by atoms with Crippen molar-refractivity contribution in [2.45, 2.75) is 126 Å². The summed E-state index contributed by atoms with van der Waals surface area (Å²) in [5.41, 5.74) is 10.3. The van der Waals surface area contributed by atoms with Crippen LogP contribution in [0.5, 0.6) is 0 Å².